The van der Waals surface area contributed by atoms with Crippen molar-refractivity contribution in [2.45, 2.75) is 0 Å². The molecule has 0 aromatic heterocycles. The van der Waals surface area contributed by atoms with Crippen LogP contribution in [0.1, 0.15) is 0 Å². The fraction of sp³-hybridized carbons (Fsp3) is 0.250. The second kappa shape index (κ2) is 2.08. The zero-order chi connectivity index (χ0) is 7.83. The van der Waals surface area contributed by atoms with Crippen molar-refractivity contribution in [1.82, 2.24) is 0 Å². The van der Waals surface area contributed by atoms with E-state index in [4.69, 9.17) is 0 Å². The van der Waals surface area contributed by atoms with Crippen LogP contribution in [0, 0.1) is 0 Å². The predicted molar refractivity (Wildman–Crippen MR) is 39.3 cm³/mol. The van der Waals surface area contributed by atoms with Gasteiger partial charge in [-0.3, -0.25) is 0 Å². The van der Waals surface area contributed by atoms with Crippen LogP contribution >= 0.6 is 0 Å². The van der Waals surface area contributed by atoms with Gasteiger partial charge in [0.15, 0.2) is 0 Å². The van der Waals surface area contributed by atoms with Gasteiger partial charge in [0, 0.05) is 0 Å². The van der Waals surface area contributed by atoms with E-state index in [9.17, 15) is 12.6 Å². The second-order valence-electron chi connectivity index (χ2n) is 1.84. The molecule has 4 nitrogen and oxygen atoms in total. The molecule has 0 bridgehead atoms. The molecular formula is C4H6O4S2. The van der Waals surface area contributed by atoms with Gasteiger partial charge in [-0.25, -0.2) is 4.21 Å². The maximum Gasteiger partial charge on any atom is 0.302 e. The van der Waals surface area contributed by atoms with Gasteiger partial charge in [-0.2, -0.15) is 12.0 Å². The zero-order valence-electron chi connectivity index (χ0n) is 5.02. The molecule has 0 aromatic carbocycles. The normalized spacial score (nSPS) is 37.6. The van der Waals surface area contributed by atoms with Crippen molar-refractivity contribution in [3.8, 4) is 0 Å². The van der Waals surface area contributed by atoms with Gasteiger partial charge in [0.1, 0.15) is 0 Å². The minimum Gasteiger partial charge on any atom is -0.239 e. The van der Waals surface area contributed by atoms with Crippen LogP contribution in [0.15, 0.2) is 11.5 Å². The Hall–Kier alpha value is -0.330. The van der Waals surface area contributed by atoms with Crippen LogP contribution in [-0.2, 0) is 23.6 Å². The van der Waals surface area contributed by atoms with E-state index in [2.05, 4.69) is 9.50 Å². The molecule has 0 spiro atoms. The van der Waals surface area contributed by atoms with Crippen molar-refractivity contribution in [1.29, 1.82) is 0 Å². The SMILES string of the molecule is C=S1(=O)CC=CS(=O)(=O)O1. The summed E-state index contributed by atoms with van der Waals surface area (Å²) in [5.74, 6) is 3.16. The first-order valence-electron chi connectivity index (χ1n) is 2.39. The van der Waals surface area contributed by atoms with Gasteiger partial charge >= 0.3 is 10.1 Å². The molecule has 1 aliphatic rings. The highest BCUT2D eigenvalue weighted by Crippen LogP contribution is 2.09. The van der Waals surface area contributed by atoms with Crippen molar-refractivity contribution in [2.75, 3.05) is 5.75 Å². The lowest BCUT2D eigenvalue weighted by Crippen LogP contribution is -2.17. The first kappa shape index (κ1) is 7.77. The lowest BCUT2D eigenvalue weighted by atomic mass is 10.8. The fourth-order valence-electron chi connectivity index (χ4n) is 0.527. The Bertz CT molecular complexity index is 345. The third-order valence-electron chi connectivity index (χ3n) is 0.832. The average Bonchev–Trinajstić information content (AvgIpc) is 1.56. The quantitative estimate of drug-likeness (QED) is 0.473. The van der Waals surface area contributed by atoms with E-state index >= 15 is 0 Å². The van der Waals surface area contributed by atoms with Crippen molar-refractivity contribution in [2.24, 2.45) is 0 Å². The van der Waals surface area contributed by atoms with Gasteiger partial charge in [0.25, 0.3) is 0 Å². The molecule has 0 radical (unpaired) electrons. The first-order chi connectivity index (χ1) is 4.41. The molecule has 58 valence electrons. The Morgan fingerprint density at radius 3 is 2.30 bits per heavy atom. The molecule has 6 heteroatoms. The summed E-state index contributed by atoms with van der Waals surface area (Å²) in [5.41, 5.74) is 0. The number of rotatable bonds is 0. The maximum atomic E-state index is 10.9. The van der Waals surface area contributed by atoms with E-state index in [1.807, 2.05) is 0 Å². The third kappa shape index (κ3) is 1.83. The summed E-state index contributed by atoms with van der Waals surface area (Å²) >= 11 is 0. The molecular weight excluding hydrogens is 176 g/mol. The maximum absolute atomic E-state index is 10.9. The molecule has 0 saturated heterocycles. The van der Waals surface area contributed by atoms with Crippen LogP contribution in [0.25, 0.3) is 0 Å². The number of hydrogen-bond acceptors (Lipinski definition) is 4. The molecule has 0 N–H and O–H groups in total. The third-order valence-corrected chi connectivity index (χ3v) is 3.81. The predicted octanol–water partition coefficient (Wildman–Crippen LogP) is -0.508. The van der Waals surface area contributed by atoms with Crippen LogP contribution in [0.3, 0.4) is 0 Å². The highest BCUT2D eigenvalue weighted by Gasteiger charge is 2.18. The van der Waals surface area contributed by atoms with E-state index in [0.29, 0.717) is 0 Å². The van der Waals surface area contributed by atoms with Crippen molar-refractivity contribution >= 4 is 25.8 Å². The highest BCUT2D eigenvalue weighted by atomic mass is 32.3. The van der Waals surface area contributed by atoms with E-state index < -0.39 is 19.9 Å². The summed E-state index contributed by atoms with van der Waals surface area (Å²) in [7, 11) is -6.57. The molecule has 0 aromatic rings. The molecule has 0 amide bonds. The highest BCUT2D eigenvalue weighted by molar-refractivity contribution is 8.06. The summed E-state index contributed by atoms with van der Waals surface area (Å²) < 4.78 is 36.1. The Morgan fingerprint density at radius 1 is 1.40 bits per heavy atom. The van der Waals surface area contributed by atoms with Crippen LogP contribution in [0.5, 0.6) is 0 Å². The van der Waals surface area contributed by atoms with Crippen LogP contribution in [0.2, 0.25) is 0 Å². The van der Waals surface area contributed by atoms with E-state index in [1.165, 1.54) is 6.08 Å². The second-order valence-corrected chi connectivity index (χ2v) is 5.47. The number of hydrogen-bond donors (Lipinski definition) is 0. The molecule has 0 aliphatic carbocycles. The summed E-state index contributed by atoms with van der Waals surface area (Å²) in [6, 6.07) is 0. The summed E-state index contributed by atoms with van der Waals surface area (Å²) in [4.78, 5) is 0. The van der Waals surface area contributed by atoms with Crippen LogP contribution in [0.4, 0.5) is 0 Å². The average molecular weight is 182 g/mol. The Balaban J connectivity index is 3.19. The van der Waals surface area contributed by atoms with E-state index in [1.54, 1.807) is 0 Å². The minimum atomic E-state index is -3.71. The molecule has 1 heterocycles. The fourth-order valence-corrected chi connectivity index (χ4v) is 3.16. The summed E-state index contributed by atoms with van der Waals surface area (Å²) in [6.07, 6.45) is 1.27. The van der Waals surface area contributed by atoms with Crippen molar-refractivity contribution < 1.29 is 16.3 Å². The van der Waals surface area contributed by atoms with Crippen molar-refractivity contribution in [3.05, 3.63) is 11.5 Å². The first-order valence-corrected chi connectivity index (χ1v) is 5.68. The Labute approximate surface area is 59.8 Å². The lowest BCUT2D eigenvalue weighted by Gasteiger charge is -2.08. The summed E-state index contributed by atoms with van der Waals surface area (Å²) in [6.45, 7) is 0. The van der Waals surface area contributed by atoms with Gasteiger partial charge < -0.3 is 0 Å². The van der Waals surface area contributed by atoms with Crippen molar-refractivity contribution in [3.63, 3.8) is 0 Å². The van der Waals surface area contributed by atoms with Gasteiger partial charge in [-0.05, 0) is 5.87 Å². The minimum absolute atomic E-state index is 0.0617. The molecule has 1 aliphatic heterocycles. The molecule has 0 saturated carbocycles. The van der Waals surface area contributed by atoms with Gasteiger partial charge in [0.05, 0.1) is 21.0 Å². The monoisotopic (exact) mass is 182 g/mol. The molecule has 1 atom stereocenters. The lowest BCUT2D eigenvalue weighted by molar-refractivity contribution is 0.505. The van der Waals surface area contributed by atoms with Gasteiger partial charge in [0.2, 0.25) is 0 Å². The zero-order valence-corrected chi connectivity index (χ0v) is 6.65. The Kier molecular flexibility index (Phi) is 1.61. The Morgan fingerprint density at radius 2 is 2.00 bits per heavy atom. The summed E-state index contributed by atoms with van der Waals surface area (Å²) in [5, 5.41) is 0.876. The van der Waals surface area contributed by atoms with Gasteiger partial charge in [-0.15, -0.1) is 0 Å². The topological polar surface area (TPSA) is 60.4 Å². The van der Waals surface area contributed by atoms with E-state index in [-0.39, 0.29) is 5.75 Å². The van der Waals surface area contributed by atoms with Crippen LogP contribution < -0.4 is 0 Å². The standard InChI is InChI=1S/C4H6O4S2/c1-9(5)3-2-4-10(6,7)8-9/h2,4H,1,3H2. The van der Waals surface area contributed by atoms with Gasteiger partial charge in [-0.1, -0.05) is 6.08 Å². The van der Waals surface area contributed by atoms with Crippen LogP contribution in [-0.4, -0.2) is 24.2 Å². The molecule has 10 heavy (non-hydrogen) atoms. The smallest absolute Gasteiger partial charge is 0.239 e. The largest absolute Gasteiger partial charge is 0.302 e. The molecule has 1 rings (SSSR count). The molecule has 1 unspecified atom stereocenters. The molecule has 0 fully saturated rings. The van der Waals surface area contributed by atoms with E-state index in [0.717, 1.165) is 5.41 Å².